The van der Waals surface area contributed by atoms with Crippen LogP contribution in [0.1, 0.15) is 31.4 Å². The van der Waals surface area contributed by atoms with Crippen molar-refractivity contribution in [3.05, 3.63) is 35.9 Å². The van der Waals surface area contributed by atoms with Gasteiger partial charge in [0.15, 0.2) is 5.96 Å². The minimum Gasteiger partial charge on any atom is -0.379 e. The lowest BCUT2D eigenvalue weighted by atomic mass is 9.95. The third-order valence-electron chi connectivity index (χ3n) is 5.95. The Labute approximate surface area is 193 Å². The number of likely N-dealkylation sites (tertiary alicyclic amines) is 1. The van der Waals surface area contributed by atoms with Crippen LogP contribution in [0.15, 0.2) is 35.3 Å². The predicted octanol–water partition coefficient (Wildman–Crippen LogP) is 2.57. The molecule has 0 amide bonds. The zero-order valence-electron chi connectivity index (χ0n) is 18.0. The Balaban J connectivity index is 0.00000300. The van der Waals surface area contributed by atoms with Crippen molar-refractivity contribution in [1.29, 1.82) is 0 Å². The molecule has 1 aromatic rings. The number of piperidine rings is 1. The number of rotatable bonds is 7. The van der Waals surface area contributed by atoms with E-state index < -0.39 is 0 Å². The van der Waals surface area contributed by atoms with E-state index in [4.69, 9.17) is 4.74 Å². The minimum absolute atomic E-state index is 0. The Bertz CT molecular complexity index is 586. The molecular weight excluding hydrogens is 477 g/mol. The van der Waals surface area contributed by atoms with E-state index in [1.54, 1.807) is 0 Å². The molecule has 0 radical (unpaired) electrons. The van der Waals surface area contributed by atoms with Gasteiger partial charge in [0.25, 0.3) is 0 Å². The maximum Gasteiger partial charge on any atom is 0.191 e. The minimum atomic E-state index is 0. The Hall–Kier alpha value is -0.900. The van der Waals surface area contributed by atoms with Crippen molar-refractivity contribution in [1.82, 2.24) is 20.4 Å². The Kier molecular flexibility index (Phi) is 11.3. The van der Waals surface area contributed by atoms with Crippen molar-refractivity contribution >= 4 is 29.9 Å². The van der Waals surface area contributed by atoms with Crippen LogP contribution in [0.3, 0.4) is 0 Å². The SMILES string of the molecule is CN=C(NCCN1CCOCC1)NCC(c1ccccc1)N1CCC(C)CC1.I. The highest BCUT2D eigenvalue weighted by molar-refractivity contribution is 14.0. The lowest BCUT2D eigenvalue weighted by molar-refractivity contribution is 0.0389. The number of halogens is 1. The normalized spacial score (nSPS) is 20.7. The molecule has 2 aliphatic heterocycles. The molecule has 2 aliphatic rings. The zero-order chi connectivity index (χ0) is 19.6. The van der Waals surface area contributed by atoms with E-state index in [1.165, 1.54) is 31.5 Å². The molecule has 0 spiro atoms. The Morgan fingerprint density at radius 3 is 2.45 bits per heavy atom. The highest BCUT2D eigenvalue weighted by Gasteiger charge is 2.24. The number of hydrogen-bond donors (Lipinski definition) is 2. The highest BCUT2D eigenvalue weighted by Crippen LogP contribution is 2.26. The number of benzene rings is 1. The van der Waals surface area contributed by atoms with E-state index in [9.17, 15) is 0 Å². The number of nitrogens with zero attached hydrogens (tertiary/aromatic N) is 3. The number of aliphatic imine (C=N–C) groups is 1. The van der Waals surface area contributed by atoms with Crippen LogP contribution in [0.2, 0.25) is 0 Å². The monoisotopic (exact) mass is 515 g/mol. The summed E-state index contributed by atoms with van der Waals surface area (Å²) in [6.07, 6.45) is 2.58. The molecule has 2 N–H and O–H groups in total. The van der Waals surface area contributed by atoms with Crippen molar-refractivity contribution in [2.45, 2.75) is 25.8 Å². The Morgan fingerprint density at radius 1 is 1.10 bits per heavy atom. The summed E-state index contributed by atoms with van der Waals surface area (Å²) in [4.78, 5) is 9.49. The largest absolute Gasteiger partial charge is 0.379 e. The molecule has 1 unspecified atom stereocenters. The quantitative estimate of drug-likeness (QED) is 0.332. The van der Waals surface area contributed by atoms with Gasteiger partial charge < -0.3 is 15.4 Å². The first-order chi connectivity index (χ1) is 13.8. The summed E-state index contributed by atoms with van der Waals surface area (Å²) in [6, 6.07) is 11.3. The number of guanidine groups is 1. The highest BCUT2D eigenvalue weighted by atomic mass is 127. The van der Waals surface area contributed by atoms with Crippen molar-refractivity contribution in [3.63, 3.8) is 0 Å². The first-order valence-corrected chi connectivity index (χ1v) is 10.8. The summed E-state index contributed by atoms with van der Waals surface area (Å²) in [5.74, 6) is 1.73. The van der Waals surface area contributed by atoms with Crippen LogP contribution in [0.4, 0.5) is 0 Å². The van der Waals surface area contributed by atoms with E-state index in [-0.39, 0.29) is 24.0 Å². The van der Waals surface area contributed by atoms with Crippen LogP contribution in [-0.2, 0) is 4.74 Å². The van der Waals surface area contributed by atoms with Crippen LogP contribution in [0, 0.1) is 5.92 Å². The van der Waals surface area contributed by atoms with Crippen LogP contribution in [0.25, 0.3) is 0 Å². The third kappa shape index (κ3) is 8.03. The summed E-state index contributed by atoms with van der Waals surface area (Å²) in [5, 5.41) is 7.04. The lowest BCUT2D eigenvalue weighted by Crippen LogP contribution is -2.47. The van der Waals surface area contributed by atoms with Crippen LogP contribution in [0.5, 0.6) is 0 Å². The van der Waals surface area contributed by atoms with Crippen molar-refractivity contribution in [2.75, 3.05) is 66.1 Å². The van der Waals surface area contributed by atoms with E-state index in [0.29, 0.717) is 6.04 Å². The first kappa shape index (κ1) is 24.4. The maximum atomic E-state index is 5.42. The van der Waals surface area contributed by atoms with Crippen LogP contribution in [-0.4, -0.2) is 81.8 Å². The molecule has 7 heteroatoms. The fourth-order valence-electron chi connectivity index (χ4n) is 4.04. The summed E-state index contributed by atoms with van der Waals surface area (Å²) in [5.41, 5.74) is 1.38. The average molecular weight is 515 g/mol. The van der Waals surface area contributed by atoms with Gasteiger partial charge in [0.05, 0.1) is 19.3 Å². The zero-order valence-corrected chi connectivity index (χ0v) is 20.3. The van der Waals surface area contributed by atoms with E-state index in [2.05, 4.69) is 62.7 Å². The van der Waals surface area contributed by atoms with Gasteiger partial charge in [0.1, 0.15) is 0 Å². The van der Waals surface area contributed by atoms with E-state index >= 15 is 0 Å². The summed E-state index contributed by atoms with van der Waals surface area (Å²) < 4.78 is 5.42. The van der Waals surface area contributed by atoms with Crippen molar-refractivity contribution in [2.24, 2.45) is 10.9 Å². The van der Waals surface area contributed by atoms with Gasteiger partial charge in [-0.25, -0.2) is 0 Å². The second-order valence-electron chi connectivity index (χ2n) is 7.98. The molecule has 0 saturated carbocycles. The van der Waals surface area contributed by atoms with Crippen LogP contribution >= 0.6 is 24.0 Å². The molecule has 29 heavy (non-hydrogen) atoms. The fraction of sp³-hybridized carbons (Fsp3) is 0.682. The van der Waals surface area contributed by atoms with Gasteiger partial charge in [0.2, 0.25) is 0 Å². The molecule has 164 valence electrons. The van der Waals surface area contributed by atoms with Gasteiger partial charge in [-0.05, 0) is 37.4 Å². The topological polar surface area (TPSA) is 52.1 Å². The average Bonchev–Trinajstić information content (AvgIpc) is 2.75. The number of nitrogens with one attached hydrogen (secondary N) is 2. The summed E-state index contributed by atoms with van der Waals surface area (Å²) in [7, 11) is 1.85. The van der Waals surface area contributed by atoms with Crippen LogP contribution < -0.4 is 10.6 Å². The molecule has 6 nitrogen and oxygen atoms in total. The second-order valence-corrected chi connectivity index (χ2v) is 7.98. The van der Waals surface area contributed by atoms with Gasteiger partial charge >= 0.3 is 0 Å². The van der Waals surface area contributed by atoms with E-state index in [1.807, 2.05) is 7.05 Å². The molecule has 2 heterocycles. The molecule has 2 saturated heterocycles. The standard InChI is InChI=1S/C22H37N5O.HI/c1-19-8-11-27(12-9-19)21(20-6-4-3-5-7-20)18-25-22(23-2)24-10-13-26-14-16-28-17-15-26;/h3-7,19,21H,8-18H2,1-2H3,(H2,23,24,25);1H. The van der Waals surface area contributed by atoms with Crippen molar-refractivity contribution < 1.29 is 4.74 Å². The molecular formula is C22H38IN5O. The third-order valence-corrected chi connectivity index (χ3v) is 5.95. The predicted molar refractivity (Wildman–Crippen MR) is 131 cm³/mol. The van der Waals surface area contributed by atoms with Gasteiger partial charge in [-0.3, -0.25) is 14.8 Å². The van der Waals surface area contributed by atoms with Gasteiger partial charge in [0, 0.05) is 39.8 Å². The first-order valence-electron chi connectivity index (χ1n) is 10.8. The lowest BCUT2D eigenvalue weighted by Gasteiger charge is -2.37. The van der Waals surface area contributed by atoms with Crippen molar-refractivity contribution in [3.8, 4) is 0 Å². The smallest absolute Gasteiger partial charge is 0.191 e. The maximum absolute atomic E-state index is 5.42. The summed E-state index contributed by atoms with van der Waals surface area (Å²) >= 11 is 0. The van der Waals surface area contributed by atoms with E-state index in [0.717, 1.165) is 57.8 Å². The molecule has 0 aromatic heterocycles. The fourth-order valence-corrected chi connectivity index (χ4v) is 4.04. The molecule has 2 fully saturated rings. The van der Waals surface area contributed by atoms with Gasteiger partial charge in [-0.2, -0.15) is 0 Å². The number of hydrogen-bond acceptors (Lipinski definition) is 4. The number of morpholine rings is 1. The molecule has 1 atom stereocenters. The Morgan fingerprint density at radius 2 is 1.79 bits per heavy atom. The van der Waals surface area contributed by atoms with Gasteiger partial charge in [-0.15, -0.1) is 24.0 Å². The molecule has 0 bridgehead atoms. The second kappa shape index (κ2) is 13.4. The number of ether oxygens (including phenoxy) is 1. The van der Waals surface area contributed by atoms with Gasteiger partial charge in [-0.1, -0.05) is 37.3 Å². The summed E-state index contributed by atoms with van der Waals surface area (Å²) in [6.45, 7) is 11.3. The molecule has 1 aromatic carbocycles. The molecule has 3 rings (SSSR count). The molecule has 0 aliphatic carbocycles.